The highest BCUT2D eigenvalue weighted by Gasteiger charge is 2.36. The van der Waals surface area contributed by atoms with Crippen LogP contribution in [0.3, 0.4) is 0 Å². The van der Waals surface area contributed by atoms with Crippen LogP contribution in [0.5, 0.6) is 0 Å². The number of hydrogen-bond acceptors (Lipinski definition) is 5. The second-order valence-corrected chi connectivity index (χ2v) is 6.75. The molecule has 2 fully saturated rings. The van der Waals surface area contributed by atoms with Crippen molar-refractivity contribution in [1.82, 2.24) is 10.2 Å². The van der Waals surface area contributed by atoms with Crippen LogP contribution in [0.15, 0.2) is 30.3 Å². The van der Waals surface area contributed by atoms with Crippen LogP contribution in [-0.2, 0) is 20.9 Å². The minimum absolute atomic E-state index is 0.138. The Kier molecular flexibility index (Phi) is 5.67. The molecule has 0 bridgehead atoms. The van der Waals surface area contributed by atoms with E-state index in [1.807, 2.05) is 30.3 Å². The van der Waals surface area contributed by atoms with Crippen LogP contribution in [-0.4, -0.2) is 59.2 Å². The van der Waals surface area contributed by atoms with E-state index < -0.39 is 24.2 Å². The van der Waals surface area contributed by atoms with E-state index in [-0.39, 0.29) is 18.5 Å². The lowest BCUT2D eigenvalue weighted by molar-refractivity contribution is -0.139. The molecule has 1 heterocycles. The molecule has 0 radical (unpaired) electrons. The number of amides is 2. The van der Waals surface area contributed by atoms with E-state index >= 15 is 0 Å². The van der Waals surface area contributed by atoms with E-state index in [2.05, 4.69) is 5.32 Å². The summed E-state index contributed by atoms with van der Waals surface area (Å²) in [6, 6.07) is 9.03. The molecule has 7 heteroatoms. The smallest absolute Gasteiger partial charge is 0.251 e. The number of aliphatic hydroxyl groups is 1. The maximum absolute atomic E-state index is 12.4. The molecule has 7 nitrogen and oxygen atoms in total. The molecule has 2 aliphatic rings. The van der Waals surface area contributed by atoms with Crippen LogP contribution >= 0.6 is 0 Å². The molecule has 4 N–H and O–H groups in total. The number of ether oxygens (including phenoxy) is 1. The molecule has 0 spiro atoms. The van der Waals surface area contributed by atoms with E-state index in [0.29, 0.717) is 19.6 Å². The van der Waals surface area contributed by atoms with Gasteiger partial charge in [-0.25, -0.2) is 0 Å². The highest BCUT2D eigenvalue weighted by Crippen LogP contribution is 2.19. The van der Waals surface area contributed by atoms with Crippen LogP contribution in [0.4, 0.5) is 0 Å². The Morgan fingerprint density at radius 2 is 2.04 bits per heavy atom. The van der Waals surface area contributed by atoms with Gasteiger partial charge in [-0.15, -0.1) is 0 Å². The highest BCUT2D eigenvalue weighted by atomic mass is 16.5. The molecule has 3 atom stereocenters. The Hall–Kier alpha value is -1.96. The summed E-state index contributed by atoms with van der Waals surface area (Å²) in [5, 5.41) is 12.7. The maximum Gasteiger partial charge on any atom is 0.251 e. The number of aliphatic hydroxyl groups excluding tert-OH is 1. The van der Waals surface area contributed by atoms with Gasteiger partial charge >= 0.3 is 0 Å². The zero-order chi connectivity index (χ0) is 17.8. The Bertz CT molecular complexity index is 606. The SMILES string of the molecule is N[C@@H](CN1CC[C@H](OCc2ccccc2)C1=O)C(O)C(=O)NC1CC1. The van der Waals surface area contributed by atoms with Gasteiger partial charge in [0.2, 0.25) is 0 Å². The van der Waals surface area contributed by atoms with Crippen molar-refractivity contribution < 1.29 is 19.4 Å². The van der Waals surface area contributed by atoms with Crippen molar-refractivity contribution in [3.63, 3.8) is 0 Å². The molecule has 1 aromatic carbocycles. The second kappa shape index (κ2) is 7.95. The third kappa shape index (κ3) is 4.78. The Morgan fingerprint density at radius 3 is 2.72 bits per heavy atom. The Labute approximate surface area is 147 Å². The second-order valence-electron chi connectivity index (χ2n) is 6.75. The van der Waals surface area contributed by atoms with Gasteiger partial charge in [-0.05, 0) is 18.4 Å². The van der Waals surface area contributed by atoms with Gasteiger partial charge in [0.1, 0.15) is 12.2 Å². The van der Waals surface area contributed by atoms with Crippen molar-refractivity contribution in [2.45, 2.75) is 50.2 Å². The summed E-state index contributed by atoms with van der Waals surface area (Å²) in [6.45, 7) is 1.04. The Balaban J connectivity index is 1.45. The van der Waals surface area contributed by atoms with Gasteiger partial charge in [0.05, 0.1) is 12.6 Å². The summed E-state index contributed by atoms with van der Waals surface area (Å²) in [5.74, 6) is -0.597. The zero-order valence-corrected chi connectivity index (χ0v) is 14.1. The average molecular weight is 347 g/mol. The first-order chi connectivity index (χ1) is 12.0. The number of benzene rings is 1. The number of nitrogens with zero attached hydrogens (tertiary/aromatic N) is 1. The molecule has 3 rings (SSSR count). The number of likely N-dealkylation sites (tertiary alicyclic amines) is 1. The lowest BCUT2D eigenvalue weighted by Crippen LogP contribution is -2.52. The number of nitrogens with two attached hydrogens (primary N) is 1. The minimum Gasteiger partial charge on any atom is -0.382 e. The number of carbonyl (C=O) groups excluding carboxylic acids is 2. The van der Waals surface area contributed by atoms with Gasteiger partial charge in [-0.3, -0.25) is 9.59 Å². The van der Waals surface area contributed by atoms with Crippen LogP contribution in [0.2, 0.25) is 0 Å². The standard InChI is InChI=1S/C18H25N3O4/c19-14(16(22)17(23)20-13-6-7-13)10-21-9-8-15(18(21)24)25-11-12-4-2-1-3-5-12/h1-5,13-16,22H,6-11,19H2,(H,20,23)/t14-,15-,16?/m0/s1. The van der Waals surface area contributed by atoms with Crippen molar-refractivity contribution >= 4 is 11.8 Å². The maximum atomic E-state index is 12.4. The lowest BCUT2D eigenvalue weighted by atomic mass is 10.1. The molecule has 1 unspecified atom stereocenters. The van der Waals surface area contributed by atoms with Crippen LogP contribution in [0, 0.1) is 0 Å². The van der Waals surface area contributed by atoms with E-state index in [4.69, 9.17) is 10.5 Å². The summed E-state index contributed by atoms with van der Waals surface area (Å²) in [5.41, 5.74) is 6.93. The topological polar surface area (TPSA) is 105 Å². The summed E-state index contributed by atoms with van der Waals surface area (Å²) in [6.07, 6.45) is 0.669. The van der Waals surface area contributed by atoms with Gasteiger partial charge in [0, 0.05) is 25.6 Å². The molecule has 1 aliphatic carbocycles. The van der Waals surface area contributed by atoms with Gasteiger partial charge < -0.3 is 25.8 Å². The first-order valence-corrected chi connectivity index (χ1v) is 8.73. The predicted octanol–water partition coefficient (Wildman–Crippen LogP) is -0.229. The number of carbonyl (C=O) groups is 2. The van der Waals surface area contributed by atoms with Crippen molar-refractivity contribution in [3.05, 3.63) is 35.9 Å². The Morgan fingerprint density at radius 1 is 1.32 bits per heavy atom. The van der Waals surface area contributed by atoms with Crippen molar-refractivity contribution in [3.8, 4) is 0 Å². The average Bonchev–Trinajstić information content (AvgIpc) is 3.37. The molecule has 0 aromatic heterocycles. The molecule has 1 saturated carbocycles. The van der Waals surface area contributed by atoms with E-state index in [1.165, 1.54) is 0 Å². The normalized spacial score (nSPS) is 22.7. The molecule has 2 amide bonds. The molecule has 25 heavy (non-hydrogen) atoms. The highest BCUT2D eigenvalue weighted by molar-refractivity contribution is 5.84. The summed E-state index contributed by atoms with van der Waals surface area (Å²) in [7, 11) is 0. The molecule has 136 valence electrons. The van der Waals surface area contributed by atoms with Crippen LogP contribution in [0.1, 0.15) is 24.8 Å². The molecular weight excluding hydrogens is 322 g/mol. The van der Waals surface area contributed by atoms with Gasteiger partial charge in [0.25, 0.3) is 11.8 Å². The fourth-order valence-corrected chi connectivity index (χ4v) is 2.88. The van der Waals surface area contributed by atoms with E-state index in [9.17, 15) is 14.7 Å². The first-order valence-electron chi connectivity index (χ1n) is 8.73. The van der Waals surface area contributed by atoms with Gasteiger partial charge in [0.15, 0.2) is 0 Å². The number of rotatable bonds is 8. The fraction of sp³-hybridized carbons (Fsp3) is 0.556. The summed E-state index contributed by atoms with van der Waals surface area (Å²) in [4.78, 5) is 25.8. The third-order valence-corrected chi connectivity index (χ3v) is 4.57. The van der Waals surface area contributed by atoms with Crippen molar-refractivity contribution in [2.75, 3.05) is 13.1 Å². The third-order valence-electron chi connectivity index (χ3n) is 4.57. The van der Waals surface area contributed by atoms with Crippen LogP contribution in [0.25, 0.3) is 0 Å². The summed E-state index contributed by atoms with van der Waals surface area (Å²) < 4.78 is 5.71. The lowest BCUT2D eigenvalue weighted by Gasteiger charge is -2.24. The predicted molar refractivity (Wildman–Crippen MR) is 91.4 cm³/mol. The fourth-order valence-electron chi connectivity index (χ4n) is 2.88. The van der Waals surface area contributed by atoms with Crippen LogP contribution < -0.4 is 11.1 Å². The van der Waals surface area contributed by atoms with Gasteiger partial charge in [-0.2, -0.15) is 0 Å². The van der Waals surface area contributed by atoms with E-state index in [1.54, 1.807) is 4.90 Å². The molecule has 1 saturated heterocycles. The van der Waals surface area contributed by atoms with E-state index in [0.717, 1.165) is 18.4 Å². The monoisotopic (exact) mass is 347 g/mol. The molecule has 1 aromatic rings. The first kappa shape index (κ1) is 17.8. The minimum atomic E-state index is -1.31. The number of nitrogens with one attached hydrogen (secondary N) is 1. The largest absolute Gasteiger partial charge is 0.382 e. The van der Waals surface area contributed by atoms with Gasteiger partial charge in [-0.1, -0.05) is 30.3 Å². The van der Waals surface area contributed by atoms with Crippen molar-refractivity contribution in [2.24, 2.45) is 5.73 Å². The molecule has 1 aliphatic heterocycles. The molecular formula is C18H25N3O4. The zero-order valence-electron chi connectivity index (χ0n) is 14.1. The quantitative estimate of drug-likeness (QED) is 0.603. The summed E-state index contributed by atoms with van der Waals surface area (Å²) >= 11 is 0. The van der Waals surface area contributed by atoms with Crippen molar-refractivity contribution in [1.29, 1.82) is 0 Å². The number of hydrogen-bond donors (Lipinski definition) is 3.